The van der Waals surface area contributed by atoms with Crippen LogP contribution in [-0.2, 0) is 4.74 Å². The zero-order chi connectivity index (χ0) is 11.5. The quantitative estimate of drug-likeness (QED) is 0.896. The molecular formula is C11H17BrO2S. The lowest BCUT2D eigenvalue weighted by Gasteiger charge is -2.23. The summed E-state index contributed by atoms with van der Waals surface area (Å²) in [6, 6.07) is 1.97. The molecule has 0 amide bonds. The number of rotatable bonds is 5. The molecule has 0 bridgehead atoms. The molecule has 1 atom stereocenters. The predicted octanol–water partition coefficient (Wildman–Crippen LogP) is 3.75. The van der Waals surface area contributed by atoms with Gasteiger partial charge in [0.05, 0.1) is 15.5 Å². The van der Waals surface area contributed by atoms with E-state index in [0.717, 1.165) is 22.2 Å². The Morgan fingerprint density at radius 3 is 2.73 bits per heavy atom. The SMILES string of the molecule is COC(C)(C)CCC(O)c1csc(Br)c1. The largest absolute Gasteiger partial charge is 0.388 e. The monoisotopic (exact) mass is 292 g/mol. The maximum Gasteiger partial charge on any atom is 0.0799 e. The van der Waals surface area contributed by atoms with Crippen LogP contribution in [0, 0.1) is 0 Å². The van der Waals surface area contributed by atoms with Gasteiger partial charge in [-0.1, -0.05) is 0 Å². The van der Waals surface area contributed by atoms with Crippen molar-refractivity contribution in [3.63, 3.8) is 0 Å². The Balaban J connectivity index is 2.46. The number of methoxy groups -OCH3 is 1. The molecule has 0 radical (unpaired) electrons. The van der Waals surface area contributed by atoms with Crippen molar-refractivity contribution in [2.45, 2.75) is 38.4 Å². The summed E-state index contributed by atoms with van der Waals surface area (Å²) in [4.78, 5) is 0. The minimum Gasteiger partial charge on any atom is -0.388 e. The van der Waals surface area contributed by atoms with E-state index in [2.05, 4.69) is 15.9 Å². The van der Waals surface area contributed by atoms with Gasteiger partial charge < -0.3 is 9.84 Å². The van der Waals surface area contributed by atoms with Crippen LogP contribution in [-0.4, -0.2) is 17.8 Å². The number of aliphatic hydroxyl groups excluding tert-OH is 1. The number of hydrogen-bond donors (Lipinski definition) is 1. The van der Waals surface area contributed by atoms with Gasteiger partial charge >= 0.3 is 0 Å². The molecule has 0 fully saturated rings. The van der Waals surface area contributed by atoms with Crippen LogP contribution in [0.1, 0.15) is 38.4 Å². The summed E-state index contributed by atoms with van der Waals surface area (Å²) >= 11 is 4.98. The molecule has 0 saturated carbocycles. The van der Waals surface area contributed by atoms with Gasteiger partial charge in [-0.25, -0.2) is 0 Å². The normalized spacial score (nSPS) is 14.2. The van der Waals surface area contributed by atoms with Crippen molar-refractivity contribution < 1.29 is 9.84 Å². The Morgan fingerprint density at radius 1 is 1.60 bits per heavy atom. The van der Waals surface area contributed by atoms with Crippen molar-refractivity contribution in [3.05, 3.63) is 20.8 Å². The standard InChI is InChI=1S/C11H17BrO2S/c1-11(2,14-3)5-4-9(13)8-6-10(12)15-7-8/h6-7,9,13H,4-5H2,1-3H3. The molecule has 0 aliphatic carbocycles. The molecule has 0 aliphatic heterocycles. The van der Waals surface area contributed by atoms with Crippen molar-refractivity contribution >= 4 is 27.3 Å². The van der Waals surface area contributed by atoms with E-state index >= 15 is 0 Å². The first-order chi connectivity index (χ1) is 6.94. The second-order valence-electron chi connectivity index (χ2n) is 4.20. The van der Waals surface area contributed by atoms with Gasteiger partial charge in [0, 0.05) is 7.11 Å². The highest BCUT2D eigenvalue weighted by atomic mass is 79.9. The first-order valence-corrected chi connectivity index (χ1v) is 6.59. The Kier molecular flexibility index (Phi) is 4.77. The first-order valence-electron chi connectivity index (χ1n) is 4.92. The number of ether oxygens (including phenoxy) is 1. The highest BCUT2D eigenvalue weighted by Crippen LogP contribution is 2.29. The highest BCUT2D eigenvalue weighted by Gasteiger charge is 2.19. The summed E-state index contributed by atoms with van der Waals surface area (Å²) in [7, 11) is 1.70. The number of aliphatic hydroxyl groups is 1. The number of thiophene rings is 1. The van der Waals surface area contributed by atoms with Crippen LogP contribution in [0.25, 0.3) is 0 Å². The Morgan fingerprint density at radius 2 is 2.27 bits per heavy atom. The van der Waals surface area contributed by atoms with Crippen molar-refractivity contribution in [1.82, 2.24) is 0 Å². The third kappa shape index (κ3) is 4.23. The molecule has 1 unspecified atom stereocenters. The molecule has 1 rings (SSSR count). The highest BCUT2D eigenvalue weighted by molar-refractivity contribution is 9.11. The molecule has 0 aliphatic rings. The molecule has 1 N–H and O–H groups in total. The Hall–Kier alpha value is 0.100. The van der Waals surface area contributed by atoms with Crippen LogP contribution >= 0.6 is 27.3 Å². The lowest BCUT2D eigenvalue weighted by molar-refractivity contribution is 0.00282. The zero-order valence-electron chi connectivity index (χ0n) is 9.29. The van der Waals surface area contributed by atoms with Gasteiger partial charge in [0.15, 0.2) is 0 Å². The fourth-order valence-electron chi connectivity index (χ4n) is 1.25. The maximum atomic E-state index is 9.92. The molecule has 1 aromatic heterocycles. The van der Waals surface area contributed by atoms with Gasteiger partial charge in [-0.2, -0.15) is 0 Å². The van der Waals surface area contributed by atoms with Crippen molar-refractivity contribution in [2.24, 2.45) is 0 Å². The molecule has 4 heteroatoms. The maximum absolute atomic E-state index is 9.92. The molecule has 1 heterocycles. The average Bonchev–Trinajstić information content (AvgIpc) is 2.61. The third-order valence-corrected chi connectivity index (χ3v) is 4.07. The summed E-state index contributed by atoms with van der Waals surface area (Å²) < 4.78 is 6.37. The number of hydrogen-bond acceptors (Lipinski definition) is 3. The molecular weight excluding hydrogens is 276 g/mol. The van der Waals surface area contributed by atoms with Gasteiger partial charge in [-0.05, 0) is 59.6 Å². The molecule has 2 nitrogen and oxygen atoms in total. The van der Waals surface area contributed by atoms with Gasteiger partial charge in [-0.3, -0.25) is 0 Å². The van der Waals surface area contributed by atoms with Gasteiger partial charge in [0.2, 0.25) is 0 Å². The molecule has 15 heavy (non-hydrogen) atoms. The van der Waals surface area contributed by atoms with Gasteiger partial charge in [0.1, 0.15) is 0 Å². The third-order valence-electron chi connectivity index (χ3n) is 2.54. The predicted molar refractivity (Wildman–Crippen MR) is 67.3 cm³/mol. The lowest BCUT2D eigenvalue weighted by atomic mass is 9.98. The van der Waals surface area contributed by atoms with E-state index in [1.54, 1.807) is 18.4 Å². The molecule has 1 aromatic rings. The summed E-state index contributed by atoms with van der Waals surface area (Å²) in [5, 5.41) is 11.9. The van der Waals surface area contributed by atoms with E-state index < -0.39 is 0 Å². The van der Waals surface area contributed by atoms with E-state index in [1.165, 1.54) is 0 Å². The smallest absolute Gasteiger partial charge is 0.0799 e. The topological polar surface area (TPSA) is 29.5 Å². The molecule has 86 valence electrons. The van der Waals surface area contributed by atoms with Crippen molar-refractivity contribution in [1.29, 1.82) is 0 Å². The van der Waals surface area contributed by atoms with Crippen LogP contribution < -0.4 is 0 Å². The van der Waals surface area contributed by atoms with E-state index in [9.17, 15) is 5.11 Å². The van der Waals surface area contributed by atoms with E-state index in [0.29, 0.717) is 0 Å². The van der Waals surface area contributed by atoms with Crippen LogP contribution in [0.3, 0.4) is 0 Å². The summed E-state index contributed by atoms with van der Waals surface area (Å²) in [5.41, 5.74) is 0.826. The van der Waals surface area contributed by atoms with E-state index in [-0.39, 0.29) is 11.7 Å². The summed E-state index contributed by atoms with van der Waals surface area (Å²) in [6.07, 6.45) is 1.18. The minimum atomic E-state index is -0.387. The molecule has 0 spiro atoms. The van der Waals surface area contributed by atoms with Crippen LogP contribution in [0.2, 0.25) is 0 Å². The van der Waals surface area contributed by atoms with Crippen LogP contribution in [0.5, 0.6) is 0 Å². The lowest BCUT2D eigenvalue weighted by Crippen LogP contribution is -2.22. The van der Waals surface area contributed by atoms with Gasteiger partial charge in [-0.15, -0.1) is 11.3 Å². The second kappa shape index (κ2) is 5.43. The fourth-order valence-corrected chi connectivity index (χ4v) is 2.47. The van der Waals surface area contributed by atoms with Crippen LogP contribution in [0.4, 0.5) is 0 Å². The Bertz CT molecular complexity index is 309. The molecule has 0 aromatic carbocycles. The fraction of sp³-hybridized carbons (Fsp3) is 0.636. The van der Waals surface area contributed by atoms with E-state index in [4.69, 9.17) is 4.74 Å². The zero-order valence-corrected chi connectivity index (χ0v) is 11.7. The van der Waals surface area contributed by atoms with E-state index in [1.807, 2.05) is 25.3 Å². The molecule has 0 saturated heterocycles. The summed E-state index contributed by atoms with van der Waals surface area (Å²) in [6.45, 7) is 4.06. The minimum absolute atomic E-state index is 0.158. The summed E-state index contributed by atoms with van der Waals surface area (Å²) in [5.74, 6) is 0. The number of halogens is 1. The second-order valence-corrected chi connectivity index (χ2v) is 6.49. The average molecular weight is 293 g/mol. The van der Waals surface area contributed by atoms with Crippen LogP contribution in [0.15, 0.2) is 15.2 Å². The van der Waals surface area contributed by atoms with Crippen molar-refractivity contribution in [2.75, 3.05) is 7.11 Å². The first kappa shape index (κ1) is 13.2. The van der Waals surface area contributed by atoms with Crippen molar-refractivity contribution in [3.8, 4) is 0 Å². The van der Waals surface area contributed by atoms with Gasteiger partial charge in [0.25, 0.3) is 0 Å². The Labute approximate surface area is 103 Å².